The number of rotatable bonds is 11. The second-order valence-electron chi connectivity index (χ2n) is 14.1. The number of para-hydroxylation sites is 2. The molecule has 1 unspecified atom stereocenters. The molecule has 0 bridgehead atoms. The molecule has 2 aliphatic rings. The van der Waals surface area contributed by atoms with E-state index in [1.165, 1.54) is 6.92 Å². The zero-order chi connectivity index (χ0) is 38.2. The molecule has 4 aromatic carbocycles. The predicted octanol–water partition coefficient (Wildman–Crippen LogP) is 7.40. The molecular weight excluding hydrogens is 700 g/mol. The van der Waals surface area contributed by atoms with Crippen molar-refractivity contribution >= 4 is 34.2 Å². The lowest BCUT2D eigenvalue weighted by atomic mass is 9.98. The average Bonchev–Trinajstić information content (AvgIpc) is 3.95. The summed E-state index contributed by atoms with van der Waals surface area (Å²) in [6.45, 7) is 6.88. The van der Waals surface area contributed by atoms with Gasteiger partial charge in [-0.1, -0.05) is 61.5 Å². The van der Waals surface area contributed by atoms with Crippen LogP contribution < -0.4 is 0 Å². The Morgan fingerprint density at radius 1 is 0.873 bits per heavy atom. The summed E-state index contributed by atoms with van der Waals surface area (Å²) >= 11 is 0. The number of benzene rings is 4. The molecule has 0 radical (unpaired) electrons. The second kappa shape index (κ2) is 15.3. The van der Waals surface area contributed by atoms with Crippen LogP contribution in [0, 0.1) is 6.92 Å². The zero-order valence-corrected chi connectivity index (χ0v) is 31.6. The van der Waals surface area contributed by atoms with Crippen molar-refractivity contribution in [1.82, 2.24) is 19.1 Å². The van der Waals surface area contributed by atoms with E-state index < -0.39 is 30.6 Å². The molecule has 0 saturated carbocycles. The topological polar surface area (TPSA) is 125 Å². The third-order valence-corrected chi connectivity index (χ3v) is 10.4. The van der Waals surface area contributed by atoms with Crippen LogP contribution in [0.4, 0.5) is 4.79 Å². The van der Waals surface area contributed by atoms with Gasteiger partial charge >= 0.3 is 12.1 Å². The number of imidazole rings is 2. The number of carbonyl (C=O) groups is 2. The standard InChI is InChI=1S/C43H44N4O8/c1-6-11-37-45-38-25(2)20-29(41-44-32-14-9-10-15-33(32)46(41)4)21-34(38)47(37)22-27-16-18-28(19-17-27)30-12-7-8-13-31(30)42(48)53-26(3)54-43(49)55-36-24-52-39-35(50-5)23-51-40(36)39/h7-10,12-21,26,35-36,39-40H,6,11,22-24H2,1-5H3/t26?,35-,36+,39-,40-/m1/s1. The largest absolute Gasteiger partial charge is 0.511 e. The van der Waals surface area contributed by atoms with Crippen LogP contribution in [0.5, 0.6) is 0 Å². The molecule has 55 heavy (non-hydrogen) atoms. The first-order valence-electron chi connectivity index (χ1n) is 18.7. The van der Waals surface area contributed by atoms with Gasteiger partial charge in [-0.3, -0.25) is 0 Å². The predicted molar refractivity (Wildman–Crippen MR) is 206 cm³/mol. The molecule has 4 heterocycles. The van der Waals surface area contributed by atoms with E-state index in [2.05, 4.69) is 60.4 Å². The molecule has 0 spiro atoms. The van der Waals surface area contributed by atoms with Crippen LogP contribution in [0.1, 0.15) is 47.6 Å². The number of hydrogen-bond donors (Lipinski definition) is 0. The van der Waals surface area contributed by atoms with Crippen LogP contribution >= 0.6 is 0 Å². The highest BCUT2D eigenvalue weighted by atomic mass is 16.8. The summed E-state index contributed by atoms with van der Waals surface area (Å²) in [5.74, 6) is 1.32. The minimum Gasteiger partial charge on any atom is -0.426 e. The number of aryl methyl sites for hydroxylation is 3. The third-order valence-electron chi connectivity index (χ3n) is 10.4. The first kappa shape index (κ1) is 36.4. The molecule has 0 amide bonds. The third kappa shape index (κ3) is 7.08. The maximum Gasteiger partial charge on any atom is 0.511 e. The Balaban J connectivity index is 0.979. The monoisotopic (exact) mass is 744 g/mol. The maximum absolute atomic E-state index is 13.4. The second-order valence-corrected chi connectivity index (χ2v) is 14.1. The Hall–Kier alpha value is -5.56. The summed E-state index contributed by atoms with van der Waals surface area (Å²) < 4.78 is 37.5. The molecule has 8 rings (SSSR count). The van der Waals surface area contributed by atoms with Crippen LogP contribution in [0.3, 0.4) is 0 Å². The van der Waals surface area contributed by atoms with Gasteiger partial charge in [-0.05, 0) is 65.9 Å². The Morgan fingerprint density at radius 2 is 1.60 bits per heavy atom. The number of methoxy groups -OCH3 is 1. The van der Waals surface area contributed by atoms with Gasteiger partial charge in [0.1, 0.15) is 30.0 Å². The lowest BCUT2D eigenvalue weighted by Gasteiger charge is -2.19. The maximum atomic E-state index is 13.4. The summed E-state index contributed by atoms with van der Waals surface area (Å²) in [5.41, 5.74) is 9.22. The SMILES string of the molecule is CCCc1nc2c(C)cc(-c3nc4ccccc4n3C)cc2n1Cc1ccc(-c2ccccc2C(=O)OC(C)OC(=O)O[C@H]2CO[C@H]3[C@@H]2OC[C@H]3OC)cc1. The van der Waals surface area contributed by atoms with Gasteiger partial charge in [-0.25, -0.2) is 19.6 Å². The number of aromatic nitrogens is 4. The van der Waals surface area contributed by atoms with Crippen LogP contribution in [-0.4, -0.2) is 82.3 Å². The first-order valence-corrected chi connectivity index (χ1v) is 18.7. The van der Waals surface area contributed by atoms with E-state index in [4.69, 9.17) is 38.4 Å². The number of ether oxygens (including phenoxy) is 6. The highest BCUT2D eigenvalue weighted by Gasteiger charge is 2.50. The van der Waals surface area contributed by atoms with Gasteiger partial charge in [0.05, 0.1) is 40.8 Å². The van der Waals surface area contributed by atoms with E-state index in [1.54, 1.807) is 19.2 Å². The van der Waals surface area contributed by atoms with Crippen molar-refractivity contribution in [1.29, 1.82) is 0 Å². The molecule has 2 aromatic heterocycles. The van der Waals surface area contributed by atoms with Crippen LogP contribution in [-0.2, 0) is 48.4 Å². The van der Waals surface area contributed by atoms with Gasteiger partial charge in [0.2, 0.25) is 6.29 Å². The van der Waals surface area contributed by atoms with Gasteiger partial charge in [0.15, 0.2) is 6.10 Å². The number of fused-ring (bicyclic) bond motifs is 3. The fourth-order valence-electron chi connectivity index (χ4n) is 7.71. The van der Waals surface area contributed by atoms with Crippen molar-refractivity contribution in [2.75, 3.05) is 20.3 Å². The summed E-state index contributed by atoms with van der Waals surface area (Å²) in [7, 11) is 3.64. The molecule has 2 saturated heterocycles. The Kier molecular flexibility index (Phi) is 10.1. The van der Waals surface area contributed by atoms with E-state index in [-0.39, 0.29) is 18.8 Å². The molecule has 2 fully saturated rings. The normalized spacial score (nSPS) is 19.8. The summed E-state index contributed by atoms with van der Waals surface area (Å²) in [4.78, 5) is 36.1. The molecule has 12 heteroatoms. The van der Waals surface area contributed by atoms with Crippen molar-refractivity contribution in [3.63, 3.8) is 0 Å². The van der Waals surface area contributed by atoms with E-state index in [0.29, 0.717) is 24.3 Å². The van der Waals surface area contributed by atoms with Gasteiger partial charge in [-0.2, -0.15) is 0 Å². The van der Waals surface area contributed by atoms with Crippen LogP contribution in [0.25, 0.3) is 44.6 Å². The minimum absolute atomic E-state index is 0.160. The fourth-order valence-corrected chi connectivity index (χ4v) is 7.71. The van der Waals surface area contributed by atoms with Gasteiger partial charge < -0.3 is 37.6 Å². The van der Waals surface area contributed by atoms with Crippen LogP contribution in [0.15, 0.2) is 84.9 Å². The number of esters is 1. The van der Waals surface area contributed by atoms with Gasteiger partial charge in [-0.15, -0.1) is 0 Å². The lowest BCUT2D eigenvalue weighted by molar-refractivity contribution is -0.0989. The van der Waals surface area contributed by atoms with Crippen molar-refractivity contribution in [2.24, 2.45) is 7.05 Å². The van der Waals surface area contributed by atoms with Crippen molar-refractivity contribution in [2.45, 2.75) is 70.9 Å². The highest BCUT2D eigenvalue weighted by molar-refractivity contribution is 5.97. The molecule has 0 N–H and O–H groups in total. The zero-order valence-electron chi connectivity index (χ0n) is 31.6. The highest BCUT2D eigenvalue weighted by Crippen LogP contribution is 2.33. The number of carbonyl (C=O) groups excluding carboxylic acids is 2. The molecule has 2 aliphatic heterocycles. The van der Waals surface area contributed by atoms with Crippen molar-refractivity contribution < 1.29 is 38.0 Å². The Labute approximate surface area is 318 Å². The minimum atomic E-state index is -1.20. The summed E-state index contributed by atoms with van der Waals surface area (Å²) in [6.07, 6.45) is -1.99. The molecule has 12 nitrogen and oxygen atoms in total. The summed E-state index contributed by atoms with van der Waals surface area (Å²) in [5, 5.41) is 0. The van der Waals surface area contributed by atoms with E-state index >= 15 is 0 Å². The quantitative estimate of drug-likeness (QED) is 0.0979. The first-order chi connectivity index (χ1) is 26.7. The number of hydrogen-bond acceptors (Lipinski definition) is 10. The van der Waals surface area contributed by atoms with E-state index in [1.807, 2.05) is 42.5 Å². The van der Waals surface area contributed by atoms with E-state index in [0.717, 1.165) is 68.8 Å². The fraction of sp³-hybridized carbons (Fsp3) is 0.349. The van der Waals surface area contributed by atoms with E-state index in [9.17, 15) is 9.59 Å². The summed E-state index contributed by atoms with van der Waals surface area (Å²) in [6, 6.07) is 27.9. The van der Waals surface area contributed by atoms with Gasteiger partial charge in [0.25, 0.3) is 0 Å². The lowest BCUT2D eigenvalue weighted by Crippen LogP contribution is -2.35. The Morgan fingerprint density at radius 3 is 2.36 bits per heavy atom. The number of nitrogens with zero attached hydrogens (tertiary/aromatic N) is 4. The molecule has 0 aliphatic carbocycles. The molecular formula is C43H44N4O8. The molecule has 6 aromatic rings. The average molecular weight is 745 g/mol. The molecule has 284 valence electrons. The smallest absolute Gasteiger partial charge is 0.426 e. The van der Waals surface area contributed by atoms with Crippen molar-refractivity contribution in [3.05, 3.63) is 107 Å². The van der Waals surface area contributed by atoms with Gasteiger partial charge in [0, 0.05) is 39.6 Å². The van der Waals surface area contributed by atoms with Crippen LogP contribution in [0.2, 0.25) is 0 Å². The van der Waals surface area contributed by atoms with Crippen molar-refractivity contribution in [3.8, 4) is 22.5 Å². The Bertz CT molecular complexity index is 2370. The molecule has 5 atom stereocenters.